The minimum absolute atomic E-state index is 0.0139. The van der Waals surface area contributed by atoms with E-state index < -0.39 is 11.5 Å². The summed E-state index contributed by atoms with van der Waals surface area (Å²) in [6, 6.07) is 9.29. The number of hydrogen-bond acceptors (Lipinski definition) is 4. The molecule has 0 bridgehead atoms. The Hall–Kier alpha value is -1.92. The van der Waals surface area contributed by atoms with Crippen LogP contribution in [-0.2, 0) is 9.59 Å². The molecule has 1 aromatic carbocycles. The predicted molar refractivity (Wildman–Crippen MR) is 102 cm³/mol. The lowest BCUT2D eigenvalue weighted by molar-refractivity contribution is -0.147. The van der Waals surface area contributed by atoms with E-state index in [-0.39, 0.29) is 17.9 Å². The smallest absolute Gasteiger partial charge is 0.236 e. The summed E-state index contributed by atoms with van der Waals surface area (Å²) < 4.78 is 0. The Morgan fingerprint density at radius 3 is 2.63 bits per heavy atom. The molecular formula is C21H29N3O3. The van der Waals surface area contributed by atoms with Crippen LogP contribution in [0.3, 0.4) is 0 Å². The zero-order valence-corrected chi connectivity index (χ0v) is 15.8. The summed E-state index contributed by atoms with van der Waals surface area (Å²) in [4.78, 5) is 29.6. The molecule has 3 atom stereocenters. The molecule has 3 aliphatic rings. The maximum atomic E-state index is 13.0. The molecule has 27 heavy (non-hydrogen) atoms. The van der Waals surface area contributed by atoms with Crippen molar-refractivity contribution in [1.29, 1.82) is 0 Å². The van der Waals surface area contributed by atoms with Crippen LogP contribution in [0, 0.1) is 5.41 Å². The number of amides is 2. The van der Waals surface area contributed by atoms with Gasteiger partial charge in [-0.05, 0) is 44.2 Å². The number of piperidine rings is 2. The SMILES string of the molecule is O=C(CN1CCC[C@]2(C[C@@H](O)[C@H](c3ccccc3)NC2=O)C1)N1CCCC1. The second-order valence-corrected chi connectivity index (χ2v) is 8.32. The van der Waals surface area contributed by atoms with Crippen LogP contribution in [0.5, 0.6) is 0 Å². The highest BCUT2D eigenvalue weighted by molar-refractivity contribution is 5.85. The Balaban J connectivity index is 1.43. The molecular weight excluding hydrogens is 342 g/mol. The number of hydrogen-bond donors (Lipinski definition) is 2. The summed E-state index contributed by atoms with van der Waals surface area (Å²) in [7, 11) is 0. The molecule has 6 heteroatoms. The third kappa shape index (κ3) is 3.73. The standard InChI is InChI=1S/C21H29N3O3/c25-17-13-21(20(27)22-19(17)16-7-2-1-3-8-16)9-6-10-23(15-21)14-18(26)24-11-4-5-12-24/h1-3,7-8,17,19,25H,4-6,9-15H2,(H,22,27)/t17-,19+,21+/m1/s1. The minimum Gasteiger partial charge on any atom is -0.391 e. The number of carbonyl (C=O) groups excluding carboxylic acids is 2. The predicted octanol–water partition coefficient (Wildman–Crippen LogP) is 1.31. The van der Waals surface area contributed by atoms with E-state index in [1.54, 1.807) is 0 Å². The molecule has 3 heterocycles. The molecule has 146 valence electrons. The first-order valence-electron chi connectivity index (χ1n) is 10.1. The number of aliphatic hydroxyl groups is 1. The second-order valence-electron chi connectivity index (χ2n) is 8.32. The van der Waals surface area contributed by atoms with Gasteiger partial charge in [-0.3, -0.25) is 14.5 Å². The van der Waals surface area contributed by atoms with Crippen LogP contribution in [-0.4, -0.2) is 65.5 Å². The first kappa shape index (κ1) is 18.4. The number of likely N-dealkylation sites (tertiary alicyclic amines) is 2. The highest BCUT2D eigenvalue weighted by Gasteiger charge is 2.49. The Bertz CT molecular complexity index is 689. The molecule has 1 aromatic rings. The van der Waals surface area contributed by atoms with Crippen LogP contribution in [0.2, 0.25) is 0 Å². The van der Waals surface area contributed by atoms with E-state index in [1.807, 2.05) is 35.2 Å². The molecule has 0 aliphatic carbocycles. The van der Waals surface area contributed by atoms with Crippen LogP contribution >= 0.6 is 0 Å². The summed E-state index contributed by atoms with van der Waals surface area (Å²) in [5.74, 6) is 0.184. The average Bonchev–Trinajstić information content (AvgIpc) is 3.21. The van der Waals surface area contributed by atoms with Crippen LogP contribution in [0.25, 0.3) is 0 Å². The quantitative estimate of drug-likeness (QED) is 0.840. The molecule has 2 amide bonds. The summed E-state index contributed by atoms with van der Waals surface area (Å²) in [6.45, 7) is 3.49. The van der Waals surface area contributed by atoms with Crippen LogP contribution in [0.15, 0.2) is 30.3 Å². The molecule has 2 N–H and O–H groups in total. The van der Waals surface area contributed by atoms with Crippen LogP contribution in [0.1, 0.15) is 43.7 Å². The fraction of sp³-hybridized carbons (Fsp3) is 0.619. The molecule has 0 aromatic heterocycles. The lowest BCUT2D eigenvalue weighted by atomic mass is 9.70. The molecule has 3 aliphatic heterocycles. The van der Waals surface area contributed by atoms with Gasteiger partial charge in [-0.1, -0.05) is 30.3 Å². The van der Waals surface area contributed by atoms with Crippen LogP contribution < -0.4 is 5.32 Å². The molecule has 6 nitrogen and oxygen atoms in total. The van der Waals surface area contributed by atoms with Gasteiger partial charge < -0.3 is 15.3 Å². The Morgan fingerprint density at radius 1 is 1.15 bits per heavy atom. The Morgan fingerprint density at radius 2 is 1.89 bits per heavy atom. The number of carbonyl (C=O) groups is 2. The summed E-state index contributed by atoms with van der Waals surface area (Å²) >= 11 is 0. The molecule has 3 fully saturated rings. The highest BCUT2D eigenvalue weighted by Crippen LogP contribution is 2.41. The van der Waals surface area contributed by atoms with Gasteiger partial charge in [0.05, 0.1) is 24.1 Å². The number of rotatable bonds is 3. The van der Waals surface area contributed by atoms with Gasteiger partial charge in [-0.2, -0.15) is 0 Å². The maximum Gasteiger partial charge on any atom is 0.236 e. The van der Waals surface area contributed by atoms with E-state index in [9.17, 15) is 14.7 Å². The Labute approximate surface area is 160 Å². The summed E-state index contributed by atoms with van der Waals surface area (Å²) in [5.41, 5.74) is 0.346. The monoisotopic (exact) mass is 371 g/mol. The van der Waals surface area contributed by atoms with Crippen molar-refractivity contribution < 1.29 is 14.7 Å². The number of nitrogens with zero attached hydrogens (tertiary/aromatic N) is 2. The molecule has 4 rings (SSSR count). The van der Waals surface area contributed by atoms with Crippen molar-refractivity contribution in [2.45, 2.75) is 44.2 Å². The fourth-order valence-corrected chi connectivity index (χ4v) is 4.94. The summed E-state index contributed by atoms with van der Waals surface area (Å²) in [6.07, 6.45) is 3.66. The second kappa shape index (κ2) is 7.60. The third-order valence-corrected chi connectivity index (χ3v) is 6.39. The fourth-order valence-electron chi connectivity index (χ4n) is 4.94. The molecule has 0 saturated carbocycles. The van der Waals surface area contributed by atoms with Gasteiger partial charge in [0.2, 0.25) is 11.8 Å². The van der Waals surface area contributed by atoms with Gasteiger partial charge in [0.15, 0.2) is 0 Å². The van der Waals surface area contributed by atoms with Gasteiger partial charge in [-0.15, -0.1) is 0 Å². The van der Waals surface area contributed by atoms with E-state index in [1.165, 1.54) is 0 Å². The van der Waals surface area contributed by atoms with Gasteiger partial charge in [0.1, 0.15) is 0 Å². The van der Waals surface area contributed by atoms with Crippen molar-refractivity contribution in [3.63, 3.8) is 0 Å². The van der Waals surface area contributed by atoms with E-state index in [2.05, 4.69) is 10.2 Å². The third-order valence-electron chi connectivity index (χ3n) is 6.39. The number of benzene rings is 1. The number of aliphatic hydroxyl groups excluding tert-OH is 1. The molecule has 1 spiro atoms. The highest BCUT2D eigenvalue weighted by atomic mass is 16.3. The van der Waals surface area contributed by atoms with Gasteiger partial charge in [0.25, 0.3) is 0 Å². The van der Waals surface area contributed by atoms with Crippen molar-refractivity contribution >= 4 is 11.8 Å². The van der Waals surface area contributed by atoms with Gasteiger partial charge in [0, 0.05) is 19.6 Å². The normalized spacial score (nSPS) is 31.9. The van der Waals surface area contributed by atoms with Crippen LogP contribution in [0.4, 0.5) is 0 Å². The van der Waals surface area contributed by atoms with E-state index >= 15 is 0 Å². The van der Waals surface area contributed by atoms with Crippen molar-refractivity contribution in [2.24, 2.45) is 5.41 Å². The zero-order chi connectivity index (χ0) is 18.9. The summed E-state index contributed by atoms with van der Waals surface area (Å²) in [5, 5.41) is 13.9. The maximum absolute atomic E-state index is 13.0. The first-order valence-corrected chi connectivity index (χ1v) is 10.1. The molecule has 0 radical (unpaired) electrons. The minimum atomic E-state index is -0.612. The zero-order valence-electron chi connectivity index (χ0n) is 15.8. The largest absolute Gasteiger partial charge is 0.391 e. The average molecular weight is 371 g/mol. The first-order chi connectivity index (χ1) is 13.1. The van der Waals surface area contributed by atoms with E-state index in [0.717, 1.165) is 50.9 Å². The van der Waals surface area contributed by atoms with Crippen molar-refractivity contribution in [2.75, 3.05) is 32.7 Å². The van der Waals surface area contributed by atoms with Gasteiger partial charge in [-0.25, -0.2) is 0 Å². The molecule has 3 saturated heterocycles. The topological polar surface area (TPSA) is 72.9 Å². The van der Waals surface area contributed by atoms with Gasteiger partial charge >= 0.3 is 0 Å². The van der Waals surface area contributed by atoms with Crippen molar-refractivity contribution in [1.82, 2.24) is 15.1 Å². The molecule has 0 unspecified atom stereocenters. The van der Waals surface area contributed by atoms with Crippen molar-refractivity contribution in [3.8, 4) is 0 Å². The number of nitrogens with one attached hydrogen (secondary N) is 1. The van der Waals surface area contributed by atoms with E-state index in [0.29, 0.717) is 19.5 Å². The Kier molecular flexibility index (Phi) is 5.19. The lowest BCUT2D eigenvalue weighted by Gasteiger charge is -2.47. The van der Waals surface area contributed by atoms with Crippen molar-refractivity contribution in [3.05, 3.63) is 35.9 Å². The van der Waals surface area contributed by atoms with E-state index in [4.69, 9.17) is 0 Å². The lowest BCUT2D eigenvalue weighted by Crippen LogP contribution is -2.60.